The largest absolute Gasteiger partial charge is 0.383 e. The molecule has 1 saturated carbocycles. The van der Waals surface area contributed by atoms with Gasteiger partial charge in [-0.1, -0.05) is 13.3 Å². The van der Waals surface area contributed by atoms with Gasteiger partial charge in [-0.2, -0.15) is 0 Å². The summed E-state index contributed by atoms with van der Waals surface area (Å²) in [6.07, 6.45) is 3.86. The summed E-state index contributed by atoms with van der Waals surface area (Å²) in [5.41, 5.74) is 9.66. The average Bonchev–Trinajstić information content (AvgIpc) is 2.83. The zero-order valence-corrected chi connectivity index (χ0v) is 12.2. The van der Waals surface area contributed by atoms with Crippen molar-refractivity contribution in [3.63, 3.8) is 0 Å². The van der Waals surface area contributed by atoms with Crippen molar-refractivity contribution in [2.45, 2.75) is 53.0 Å². The summed E-state index contributed by atoms with van der Waals surface area (Å²) < 4.78 is 2.41. The SMILES string of the molecule is Cc1nc(N)c2c(C)c(C)n(C3CCCC3C)c2n1. The lowest BCUT2D eigenvalue weighted by Gasteiger charge is -2.20. The number of nitrogen functional groups attached to an aromatic ring is 1. The van der Waals surface area contributed by atoms with Gasteiger partial charge in [-0.05, 0) is 45.1 Å². The summed E-state index contributed by atoms with van der Waals surface area (Å²) in [5, 5.41) is 1.04. The minimum absolute atomic E-state index is 0.560. The highest BCUT2D eigenvalue weighted by molar-refractivity contribution is 5.91. The summed E-state index contributed by atoms with van der Waals surface area (Å²) >= 11 is 0. The molecule has 1 aliphatic carbocycles. The monoisotopic (exact) mass is 258 g/mol. The van der Waals surface area contributed by atoms with E-state index >= 15 is 0 Å². The van der Waals surface area contributed by atoms with Gasteiger partial charge in [0, 0.05) is 11.7 Å². The number of nitrogens with two attached hydrogens (primary N) is 1. The van der Waals surface area contributed by atoms with Gasteiger partial charge in [-0.25, -0.2) is 9.97 Å². The Labute approximate surface area is 114 Å². The number of hydrogen-bond acceptors (Lipinski definition) is 3. The Kier molecular flexibility index (Phi) is 2.77. The van der Waals surface area contributed by atoms with Crippen molar-refractivity contribution < 1.29 is 0 Å². The smallest absolute Gasteiger partial charge is 0.146 e. The van der Waals surface area contributed by atoms with Crippen molar-refractivity contribution in [1.82, 2.24) is 14.5 Å². The topological polar surface area (TPSA) is 56.7 Å². The second-order valence-corrected chi connectivity index (χ2v) is 5.91. The Hall–Kier alpha value is -1.58. The molecule has 2 atom stereocenters. The fraction of sp³-hybridized carbons (Fsp3) is 0.600. The van der Waals surface area contributed by atoms with E-state index in [9.17, 15) is 0 Å². The van der Waals surface area contributed by atoms with Crippen molar-refractivity contribution in [2.24, 2.45) is 5.92 Å². The van der Waals surface area contributed by atoms with Crippen LogP contribution in [0.2, 0.25) is 0 Å². The Morgan fingerprint density at radius 1 is 1.16 bits per heavy atom. The van der Waals surface area contributed by atoms with Crippen LogP contribution in [0.4, 0.5) is 5.82 Å². The molecule has 2 unspecified atom stereocenters. The lowest BCUT2D eigenvalue weighted by atomic mass is 10.1. The molecule has 1 fully saturated rings. The fourth-order valence-electron chi connectivity index (χ4n) is 3.55. The third-order valence-electron chi connectivity index (χ3n) is 4.68. The molecule has 2 heterocycles. The van der Waals surface area contributed by atoms with Gasteiger partial charge in [-0.3, -0.25) is 0 Å². The maximum atomic E-state index is 6.11. The van der Waals surface area contributed by atoms with Crippen LogP contribution < -0.4 is 5.73 Å². The van der Waals surface area contributed by atoms with Crippen LogP contribution in [-0.4, -0.2) is 14.5 Å². The molecule has 0 saturated heterocycles. The molecule has 4 nitrogen and oxygen atoms in total. The number of hydrogen-bond donors (Lipinski definition) is 1. The summed E-state index contributed by atoms with van der Waals surface area (Å²) in [6, 6.07) is 0.560. The van der Waals surface area contributed by atoms with E-state index < -0.39 is 0 Å². The molecule has 2 aromatic rings. The van der Waals surface area contributed by atoms with E-state index in [0.717, 1.165) is 16.9 Å². The minimum Gasteiger partial charge on any atom is -0.383 e. The first-order chi connectivity index (χ1) is 9.00. The summed E-state index contributed by atoms with van der Waals surface area (Å²) in [4.78, 5) is 8.98. The number of fused-ring (bicyclic) bond motifs is 1. The number of anilines is 1. The van der Waals surface area contributed by atoms with E-state index in [1.807, 2.05) is 6.92 Å². The number of nitrogens with zero attached hydrogens (tertiary/aromatic N) is 3. The van der Waals surface area contributed by atoms with Crippen molar-refractivity contribution in [1.29, 1.82) is 0 Å². The van der Waals surface area contributed by atoms with Gasteiger partial charge in [0.2, 0.25) is 0 Å². The first-order valence-corrected chi connectivity index (χ1v) is 7.12. The van der Waals surface area contributed by atoms with Crippen LogP contribution in [0, 0.1) is 26.7 Å². The minimum atomic E-state index is 0.560. The van der Waals surface area contributed by atoms with Gasteiger partial charge in [0.1, 0.15) is 17.3 Å². The van der Waals surface area contributed by atoms with E-state index in [-0.39, 0.29) is 0 Å². The fourth-order valence-corrected chi connectivity index (χ4v) is 3.55. The van der Waals surface area contributed by atoms with Crippen LogP contribution in [-0.2, 0) is 0 Å². The van der Waals surface area contributed by atoms with Crippen molar-refractivity contribution in [3.05, 3.63) is 17.1 Å². The molecular weight excluding hydrogens is 236 g/mol. The normalized spacial score (nSPS) is 23.4. The maximum absolute atomic E-state index is 6.11. The third-order valence-corrected chi connectivity index (χ3v) is 4.68. The molecule has 0 spiro atoms. The lowest BCUT2D eigenvalue weighted by molar-refractivity contribution is 0.410. The molecule has 2 N–H and O–H groups in total. The quantitative estimate of drug-likeness (QED) is 0.853. The van der Waals surface area contributed by atoms with Crippen molar-refractivity contribution >= 4 is 16.9 Å². The first kappa shape index (κ1) is 12.5. The lowest BCUT2D eigenvalue weighted by Crippen LogP contribution is -2.14. The standard InChI is InChI=1S/C15H22N4/c1-8-6-5-7-12(8)19-10(3)9(2)13-14(16)17-11(4)18-15(13)19/h8,12H,5-7H2,1-4H3,(H2,16,17,18). The highest BCUT2D eigenvalue weighted by Gasteiger charge is 2.29. The van der Waals surface area contributed by atoms with Gasteiger partial charge < -0.3 is 10.3 Å². The molecule has 0 aromatic carbocycles. The molecule has 0 radical (unpaired) electrons. The average molecular weight is 258 g/mol. The zero-order valence-electron chi connectivity index (χ0n) is 12.2. The van der Waals surface area contributed by atoms with Crippen molar-refractivity contribution in [3.8, 4) is 0 Å². The Balaban J connectivity index is 2.32. The maximum Gasteiger partial charge on any atom is 0.146 e. The van der Waals surface area contributed by atoms with Crippen molar-refractivity contribution in [2.75, 3.05) is 5.73 Å². The predicted octanol–water partition coefficient (Wildman–Crippen LogP) is 3.30. The Morgan fingerprint density at radius 3 is 2.53 bits per heavy atom. The van der Waals surface area contributed by atoms with Crippen LogP contribution >= 0.6 is 0 Å². The van der Waals surface area contributed by atoms with E-state index in [4.69, 9.17) is 5.73 Å². The number of rotatable bonds is 1. The Morgan fingerprint density at radius 2 is 1.89 bits per heavy atom. The molecule has 0 amide bonds. The molecule has 3 rings (SSSR count). The molecule has 1 aliphatic rings. The summed E-state index contributed by atoms with van der Waals surface area (Å²) in [7, 11) is 0. The molecule has 102 valence electrons. The summed E-state index contributed by atoms with van der Waals surface area (Å²) in [6.45, 7) is 8.56. The highest BCUT2D eigenvalue weighted by atomic mass is 15.1. The first-order valence-electron chi connectivity index (χ1n) is 7.12. The van der Waals surface area contributed by atoms with Gasteiger partial charge in [0.05, 0.1) is 5.39 Å². The molecule has 19 heavy (non-hydrogen) atoms. The molecule has 0 bridgehead atoms. The predicted molar refractivity (Wildman–Crippen MR) is 78.2 cm³/mol. The number of aromatic nitrogens is 3. The van der Waals surface area contributed by atoms with Crippen LogP contribution in [0.5, 0.6) is 0 Å². The molecule has 4 heteroatoms. The van der Waals surface area contributed by atoms with Crippen LogP contribution in [0.1, 0.15) is 49.3 Å². The number of aryl methyl sites for hydroxylation is 2. The Bertz CT molecular complexity index is 641. The molecule has 0 aliphatic heterocycles. The third kappa shape index (κ3) is 1.73. The summed E-state index contributed by atoms with van der Waals surface area (Å²) in [5.74, 6) is 2.09. The molecule has 2 aromatic heterocycles. The van der Waals surface area contributed by atoms with Gasteiger partial charge in [0.25, 0.3) is 0 Å². The molecular formula is C15H22N4. The zero-order chi connectivity index (χ0) is 13.7. The van der Waals surface area contributed by atoms with E-state index in [0.29, 0.717) is 17.8 Å². The van der Waals surface area contributed by atoms with Gasteiger partial charge in [-0.15, -0.1) is 0 Å². The van der Waals surface area contributed by atoms with Gasteiger partial charge in [0.15, 0.2) is 0 Å². The van der Waals surface area contributed by atoms with E-state index in [1.165, 1.54) is 30.5 Å². The van der Waals surface area contributed by atoms with Gasteiger partial charge >= 0.3 is 0 Å². The van der Waals surface area contributed by atoms with Crippen LogP contribution in [0.15, 0.2) is 0 Å². The van der Waals surface area contributed by atoms with E-state index in [2.05, 4.69) is 35.3 Å². The van der Waals surface area contributed by atoms with Crippen LogP contribution in [0.3, 0.4) is 0 Å². The van der Waals surface area contributed by atoms with Crippen LogP contribution in [0.25, 0.3) is 11.0 Å². The second kappa shape index (κ2) is 4.22. The second-order valence-electron chi connectivity index (χ2n) is 5.91. The highest BCUT2D eigenvalue weighted by Crippen LogP contribution is 2.40. The van der Waals surface area contributed by atoms with E-state index in [1.54, 1.807) is 0 Å².